The number of carbonyl (C=O) groups excluding carboxylic acids is 1. The van der Waals surface area contributed by atoms with Gasteiger partial charge in [0, 0.05) is 0 Å². The van der Waals surface area contributed by atoms with Gasteiger partial charge in [0.1, 0.15) is 17.8 Å². The maximum Gasteiger partial charge on any atom is 0.142 e. The number of benzene rings is 2. The van der Waals surface area contributed by atoms with Crippen molar-refractivity contribution in [1.29, 1.82) is 0 Å². The highest BCUT2D eigenvalue weighted by atomic mass is 16.5. The summed E-state index contributed by atoms with van der Waals surface area (Å²) in [6.07, 6.45) is 3.97. The fourth-order valence-corrected chi connectivity index (χ4v) is 1.42. The van der Waals surface area contributed by atoms with E-state index in [0.717, 1.165) is 23.3 Å². The Morgan fingerprint density at radius 1 is 0.824 bits per heavy atom. The fourth-order valence-electron chi connectivity index (χ4n) is 1.42. The smallest absolute Gasteiger partial charge is 0.142 e. The van der Waals surface area contributed by atoms with E-state index < -0.39 is 0 Å². The van der Waals surface area contributed by atoms with Crippen molar-refractivity contribution in [2.45, 2.75) is 0 Å². The van der Waals surface area contributed by atoms with Gasteiger partial charge in [0.15, 0.2) is 0 Å². The molecular weight excluding hydrogens is 212 g/mol. The molecule has 2 rings (SSSR count). The summed E-state index contributed by atoms with van der Waals surface area (Å²) >= 11 is 0. The van der Waals surface area contributed by atoms with E-state index in [1.807, 2.05) is 54.6 Å². The molecule has 0 fully saturated rings. The molecule has 0 saturated heterocycles. The van der Waals surface area contributed by atoms with Crippen LogP contribution in [0.5, 0.6) is 11.5 Å². The van der Waals surface area contributed by atoms with Gasteiger partial charge in [0.2, 0.25) is 0 Å². The molecule has 0 aliphatic rings. The highest BCUT2D eigenvalue weighted by Gasteiger charge is 1.95. The zero-order valence-electron chi connectivity index (χ0n) is 9.24. The first-order chi connectivity index (χ1) is 8.38. The normalized spacial score (nSPS) is 10.4. The Balaban J connectivity index is 2.08. The number of ether oxygens (including phenoxy) is 1. The molecule has 0 aliphatic carbocycles. The van der Waals surface area contributed by atoms with Crippen LogP contribution in [-0.2, 0) is 4.79 Å². The molecular formula is C15H12O2. The van der Waals surface area contributed by atoms with Gasteiger partial charge in [0.25, 0.3) is 0 Å². The number of rotatable bonds is 4. The zero-order chi connectivity index (χ0) is 11.9. The first kappa shape index (κ1) is 11.1. The summed E-state index contributed by atoms with van der Waals surface area (Å²) in [5.74, 6) is 1.59. The molecule has 2 heteroatoms. The van der Waals surface area contributed by atoms with Gasteiger partial charge in [-0.1, -0.05) is 36.4 Å². The molecule has 0 saturated carbocycles. The summed E-state index contributed by atoms with van der Waals surface area (Å²) in [7, 11) is 0. The summed E-state index contributed by atoms with van der Waals surface area (Å²) in [5, 5.41) is 0. The lowest BCUT2D eigenvalue weighted by Gasteiger charge is -2.05. The van der Waals surface area contributed by atoms with Gasteiger partial charge in [-0.2, -0.15) is 0 Å². The summed E-state index contributed by atoms with van der Waals surface area (Å²) in [6, 6.07) is 17.2. The van der Waals surface area contributed by atoms with Crippen molar-refractivity contribution >= 4 is 12.4 Å². The molecule has 0 aromatic heterocycles. The van der Waals surface area contributed by atoms with E-state index in [-0.39, 0.29) is 0 Å². The van der Waals surface area contributed by atoms with Crippen molar-refractivity contribution in [3.8, 4) is 11.5 Å². The largest absolute Gasteiger partial charge is 0.457 e. The molecule has 2 aromatic rings. The molecule has 0 bridgehead atoms. The van der Waals surface area contributed by atoms with Crippen LogP contribution in [0.1, 0.15) is 5.56 Å². The summed E-state index contributed by atoms with van der Waals surface area (Å²) in [5.41, 5.74) is 0.970. The molecule has 0 heterocycles. The second-order valence-corrected chi connectivity index (χ2v) is 3.48. The third-order valence-electron chi connectivity index (χ3n) is 2.23. The van der Waals surface area contributed by atoms with E-state index >= 15 is 0 Å². The van der Waals surface area contributed by atoms with Crippen LogP contribution in [0.25, 0.3) is 6.08 Å². The summed E-state index contributed by atoms with van der Waals surface area (Å²) in [6.45, 7) is 0. The summed E-state index contributed by atoms with van der Waals surface area (Å²) < 4.78 is 5.64. The number of para-hydroxylation sites is 1. The van der Waals surface area contributed by atoms with Crippen LogP contribution >= 0.6 is 0 Å². The minimum absolute atomic E-state index is 0.758. The monoisotopic (exact) mass is 224 g/mol. The maximum absolute atomic E-state index is 10.2. The highest BCUT2D eigenvalue weighted by molar-refractivity contribution is 5.73. The number of allylic oxidation sites excluding steroid dienone is 1. The number of aldehydes is 1. The Morgan fingerprint density at radius 2 is 1.47 bits per heavy atom. The average Bonchev–Trinajstić information content (AvgIpc) is 2.39. The fraction of sp³-hybridized carbons (Fsp3) is 0. The van der Waals surface area contributed by atoms with Crippen molar-refractivity contribution in [3.63, 3.8) is 0 Å². The van der Waals surface area contributed by atoms with Gasteiger partial charge in [0.05, 0.1) is 0 Å². The molecule has 17 heavy (non-hydrogen) atoms. The van der Waals surface area contributed by atoms with Crippen molar-refractivity contribution in [2.24, 2.45) is 0 Å². The minimum atomic E-state index is 0.758. The number of hydrogen-bond acceptors (Lipinski definition) is 2. The lowest BCUT2D eigenvalue weighted by atomic mass is 10.2. The molecule has 2 aromatic carbocycles. The Bertz CT molecular complexity index is 498. The topological polar surface area (TPSA) is 26.3 Å². The molecule has 0 unspecified atom stereocenters. The van der Waals surface area contributed by atoms with Crippen LogP contribution in [0.2, 0.25) is 0 Å². The Kier molecular flexibility index (Phi) is 3.71. The maximum atomic E-state index is 10.2. The van der Waals surface area contributed by atoms with E-state index in [1.54, 1.807) is 6.08 Å². The van der Waals surface area contributed by atoms with Gasteiger partial charge in [-0.25, -0.2) is 0 Å². The number of carbonyl (C=O) groups is 1. The van der Waals surface area contributed by atoms with Gasteiger partial charge in [-0.15, -0.1) is 0 Å². The third kappa shape index (κ3) is 3.31. The SMILES string of the molecule is O=C/C=C/c1ccc(Oc2ccccc2)cc1. The van der Waals surface area contributed by atoms with Gasteiger partial charge in [-0.05, 0) is 35.9 Å². The molecule has 0 radical (unpaired) electrons. The van der Waals surface area contributed by atoms with Crippen LogP contribution in [0.3, 0.4) is 0 Å². The van der Waals surface area contributed by atoms with Crippen LogP contribution in [-0.4, -0.2) is 6.29 Å². The van der Waals surface area contributed by atoms with Crippen molar-refractivity contribution < 1.29 is 9.53 Å². The molecule has 2 nitrogen and oxygen atoms in total. The first-order valence-electron chi connectivity index (χ1n) is 5.33. The molecule has 84 valence electrons. The molecule has 0 aliphatic heterocycles. The van der Waals surface area contributed by atoms with Crippen LogP contribution in [0.4, 0.5) is 0 Å². The van der Waals surface area contributed by atoms with Crippen molar-refractivity contribution in [2.75, 3.05) is 0 Å². The Morgan fingerprint density at radius 3 is 2.12 bits per heavy atom. The van der Waals surface area contributed by atoms with Gasteiger partial charge < -0.3 is 4.74 Å². The predicted molar refractivity (Wildman–Crippen MR) is 68.1 cm³/mol. The highest BCUT2D eigenvalue weighted by Crippen LogP contribution is 2.21. The zero-order valence-corrected chi connectivity index (χ0v) is 9.24. The standard InChI is InChI=1S/C15H12O2/c16-12-4-5-13-8-10-15(11-9-13)17-14-6-2-1-3-7-14/h1-12H/b5-4+. The third-order valence-corrected chi connectivity index (χ3v) is 2.23. The molecule has 0 spiro atoms. The van der Waals surface area contributed by atoms with E-state index in [0.29, 0.717) is 0 Å². The Labute approximate surface area is 100 Å². The van der Waals surface area contributed by atoms with Gasteiger partial charge in [-0.3, -0.25) is 4.79 Å². The van der Waals surface area contributed by atoms with E-state index in [9.17, 15) is 4.79 Å². The average molecular weight is 224 g/mol. The first-order valence-corrected chi connectivity index (χ1v) is 5.33. The number of hydrogen-bond donors (Lipinski definition) is 0. The van der Waals surface area contributed by atoms with E-state index in [4.69, 9.17) is 4.74 Å². The van der Waals surface area contributed by atoms with Crippen LogP contribution in [0, 0.1) is 0 Å². The lowest BCUT2D eigenvalue weighted by Crippen LogP contribution is -1.83. The molecule has 0 atom stereocenters. The summed E-state index contributed by atoms with van der Waals surface area (Å²) in [4.78, 5) is 10.2. The minimum Gasteiger partial charge on any atom is -0.457 e. The Hall–Kier alpha value is -2.35. The second kappa shape index (κ2) is 5.66. The quantitative estimate of drug-likeness (QED) is 0.584. The van der Waals surface area contributed by atoms with Gasteiger partial charge >= 0.3 is 0 Å². The van der Waals surface area contributed by atoms with E-state index in [1.165, 1.54) is 6.08 Å². The second-order valence-electron chi connectivity index (χ2n) is 3.48. The lowest BCUT2D eigenvalue weighted by molar-refractivity contribution is -0.104. The molecule has 0 N–H and O–H groups in total. The van der Waals surface area contributed by atoms with Crippen molar-refractivity contribution in [3.05, 3.63) is 66.2 Å². The van der Waals surface area contributed by atoms with Crippen molar-refractivity contribution in [1.82, 2.24) is 0 Å². The molecule has 0 amide bonds. The van der Waals surface area contributed by atoms with E-state index in [2.05, 4.69) is 0 Å². The van der Waals surface area contributed by atoms with Crippen LogP contribution < -0.4 is 4.74 Å². The predicted octanol–water partition coefficient (Wildman–Crippen LogP) is 3.69. The van der Waals surface area contributed by atoms with Crippen LogP contribution in [0.15, 0.2) is 60.7 Å².